The highest BCUT2D eigenvalue weighted by Crippen LogP contribution is 2.14. The molecular formula is C17H24ClIN4O. The molecule has 0 aliphatic heterocycles. The van der Waals surface area contributed by atoms with Gasteiger partial charge in [0.1, 0.15) is 0 Å². The summed E-state index contributed by atoms with van der Waals surface area (Å²) in [6.07, 6.45) is 0. The Hall–Kier alpha value is -1.28. The molecule has 2 aromatic rings. The number of halogens is 2. The van der Waals surface area contributed by atoms with Gasteiger partial charge in [0.2, 0.25) is 0 Å². The molecule has 0 fully saturated rings. The third kappa shape index (κ3) is 5.98. The van der Waals surface area contributed by atoms with Crippen LogP contribution in [0.5, 0.6) is 0 Å². The van der Waals surface area contributed by atoms with Gasteiger partial charge in [0.25, 0.3) is 0 Å². The van der Waals surface area contributed by atoms with Crippen molar-refractivity contribution >= 4 is 41.5 Å². The summed E-state index contributed by atoms with van der Waals surface area (Å²) in [6.45, 7) is 5.48. The Morgan fingerprint density at radius 3 is 2.54 bits per heavy atom. The molecule has 5 nitrogen and oxygen atoms in total. The van der Waals surface area contributed by atoms with Crippen LogP contribution in [0.15, 0.2) is 39.8 Å². The second kappa shape index (κ2) is 9.88. The third-order valence-corrected chi connectivity index (χ3v) is 3.75. The Morgan fingerprint density at radius 2 is 2.00 bits per heavy atom. The number of aromatic nitrogens is 1. The van der Waals surface area contributed by atoms with Crippen molar-refractivity contribution in [1.29, 1.82) is 0 Å². The maximum absolute atomic E-state index is 5.91. The van der Waals surface area contributed by atoms with Crippen LogP contribution in [0.3, 0.4) is 0 Å². The number of guanidine groups is 1. The van der Waals surface area contributed by atoms with Crippen LogP contribution in [-0.2, 0) is 13.1 Å². The summed E-state index contributed by atoms with van der Waals surface area (Å²) < 4.78 is 5.33. The molecule has 1 heterocycles. The first-order chi connectivity index (χ1) is 11.0. The van der Waals surface area contributed by atoms with Crippen molar-refractivity contribution in [2.45, 2.75) is 32.9 Å². The molecule has 0 aliphatic rings. The van der Waals surface area contributed by atoms with E-state index in [-0.39, 0.29) is 24.0 Å². The van der Waals surface area contributed by atoms with Crippen LogP contribution in [0.4, 0.5) is 0 Å². The van der Waals surface area contributed by atoms with E-state index < -0.39 is 0 Å². The molecule has 132 valence electrons. The Labute approximate surface area is 165 Å². The molecule has 0 spiro atoms. The largest absolute Gasteiger partial charge is 0.359 e. The number of hydrogen-bond donors (Lipinski definition) is 1. The van der Waals surface area contributed by atoms with Crippen molar-refractivity contribution in [2.75, 3.05) is 14.1 Å². The van der Waals surface area contributed by atoms with Gasteiger partial charge in [0, 0.05) is 31.7 Å². The normalized spacial score (nSPS) is 11.3. The Kier molecular flexibility index (Phi) is 8.55. The maximum atomic E-state index is 5.91. The second-order valence-electron chi connectivity index (χ2n) is 5.76. The minimum Gasteiger partial charge on any atom is -0.359 e. The first kappa shape index (κ1) is 20.8. The van der Waals surface area contributed by atoms with E-state index in [4.69, 9.17) is 16.1 Å². The SMILES string of the molecule is CN=C(NCc1cc(C(C)C)no1)N(C)Cc1ccc(Cl)cc1.I. The van der Waals surface area contributed by atoms with Gasteiger partial charge < -0.3 is 14.7 Å². The number of nitrogens with zero attached hydrogens (tertiary/aromatic N) is 3. The lowest BCUT2D eigenvalue weighted by atomic mass is 10.1. The van der Waals surface area contributed by atoms with Gasteiger partial charge in [0.15, 0.2) is 11.7 Å². The fraction of sp³-hybridized carbons (Fsp3) is 0.412. The molecule has 0 bridgehead atoms. The number of rotatable bonds is 5. The molecule has 0 saturated carbocycles. The van der Waals surface area contributed by atoms with E-state index in [9.17, 15) is 0 Å². The third-order valence-electron chi connectivity index (χ3n) is 3.50. The van der Waals surface area contributed by atoms with Crippen LogP contribution >= 0.6 is 35.6 Å². The minimum atomic E-state index is 0. The van der Waals surface area contributed by atoms with Crippen molar-refractivity contribution in [1.82, 2.24) is 15.4 Å². The summed E-state index contributed by atoms with van der Waals surface area (Å²) in [7, 11) is 3.75. The van der Waals surface area contributed by atoms with Crippen LogP contribution in [0.25, 0.3) is 0 Å². The first-order valence-electron chi connectivity index (χ1n) is 7.61. The van der Waals surface area contributed by atoms with Gasteiger partial charge in [-0.15, -0.1) is 24.0 Å². The highest BCUT2D eigenvalue weighted by Gasteiger charge is 2.10. The molecule has 1 N–H and O–H groups in total. The molecule has 0 aliphatic carbocycles. The number of nitrogens with one attached hydrogen (secondary N) is 1. The van der Waals surface area contributed by atoms with Crippen molar-refractivity contribution in [3.63, 3.8) is 0 Å². The number of hydrogen-bond acceptors (Lipinski definition) is 3. The lowest BCUT2D eigenvalue weighted by Gasteiger charge is -2.21. The monoisotopic (exact) mass is 462 g/mol. The summed E-state index contributed by atoms with van der Waals surface area (Å²) in [5.74, 6) is 1.96. The van der Waals surface area contributed by atoms with Crippen LogP contribution in [0.1, 0.15) is 36.8 Å². The fourth-order valence-corrected chi connectivity index (χ4v) is 2.30. The quantitative estimate of drug-likeness (QED) is 0.409. The van der Waals surface area contributed by atoms with E-state index >= 15 is 0 Å². The average molecular weight is 463 g/mol. The van der Waals surface area contributed by atoms with Gasteiger partial charge in [-0.1, -0.05) is 42.7 Å². The lowest BCUT2D eigenvalue weighted by molar-refractivity contribution is 0.369. The Balaban J connectivity index is 0.00000288. The molecule has 0 unspecified atom stereocenters. The fourth-order valence-electron chi connectivity index (χ4n) is 2.17. The van der Waals surface area contributed by atoms with Gasteiger partial charge in [-0.25, -0.2) is 0 Å². The van der Waals surface area contributed by atoms with Gasteiger partial charge >= 0.3 is 0 Å². The summed E-state index contributed by atoms with van der Waals surface area (Å²) in [5.41, 5.74) is 2.13. The van der Waals surface area contributed by atoms with Gasteiger partial charge in [-0.2, -0.15) is 0 Å². The topological polar surface area (TPSA) is 53.7 Å². The first-order valence-corrected chi connectivity index (χ1v) is 7.99. The summed E-state index contributed by atoms with van der Waals surface area (Å²) >= 11 is 5.91. The summed E-state index contributed by atoms with van der Waals surface area (Å²) in [4.78, 5) is 6.35. The highest BCUT2D eigenvalue weighted by atomic mass is 127. The zero-order valence-corrected chi connectivity index (χ0v) is 17.5. The zero-order valence-electron chi connectivity index (χ0n) is 14.4. The van der Waals surface area contributed by atoms with E-state index in [0.29, 0.717) is 12.5 Å². The molecule has 0 amide bonds. The zero-order chi connectivity index (χ0) is 16.8. The smallest absolute Gasteiger partial charge is 0.194 e. The summed E-state index contributed by atoms with van der Waals surface area (Å²) in [6, 6.07) is 9.78. The predicted octanol–water partition coefficient (Wildman–Crippen LogP) is 4.28. The maximum Gasteiger partial charge on any atom is 0.194 e. The highest BCUT2D eigenvalue weighted by molar-refractivity contribution is 14.0. The van der Waals surface area contributed by atoms with Crippen molar-refractivity contribution in [2.24, 2.45) is 4.99 Å². The molecular weight excluding hydrogens is 439 g/mol. The molecule has 0 saturated heterocycles. The second-order valence-corrected chi connectivity index (χ2v) is 6.19. The standard InChI is InChI=1S/C17H23ClN4O.HI/c1-12(2)16-9-15(23-21-16)10-20-17(19-3)22(4)11-13-5-7-14(18)8-6-13;/h5-9,12H,10-11H2,1-4H3,(H,19,20);1H. The number of aliphatic imine (C=N–C) groups is 1. The van der Waals surface area contributed by atoms with Crippen LogP contribution in [0.2, 0.25) is 5.02 Å². The van der Waals surface area contributed by atoms with E-state index in [0.717, 1.165) is 29.0 Å². The molecule has 2 rings (SSSR count). The summed E-state index contributed by atoms with van der Waals surface area (Å²) in [5, 5.41) is 8.09. The van der Waals surface area contributed by atoms with Gasteiger partial charge in [0.05, 0.1) is 12.2 Å². The Morgan fingerprint density at radius 1 is 1.33 bits per heavy atom. The van der Waals surface area contributed by atoms with E-state index in [2.05, 4.69) is 29.3 Å². The van der Waals surface area contributed by atoms with Crippen LogP contribution in [0, 0.1) is 0 Å². The lowest BCUT2D eigenvalue weighted by Crippen LogP contribution is -2.37. The predicted molar refractivity (Wildman–Crippen MR) is 109 cm³/mol. The molecule has 0 radical (unpaired) electrons. The Bertz CT molecular complexity index is 655. The minimum absolute atomic E-state index is 0. The number of benzene rings is 1. The molecule has 24 heavy (non-hydrogen) atoms. The van der Waals surface area contributed by atoms with Crippen molar-refractivity contribution in [3.8, 4) is 0 Å². The molecule has 1 aromatic carbocycles. The van der Waals surface area contributed by atoms with Crippen LogP contribution < -0.4 is 5.32 Å². The molecule has 0 atom stereocenters. The van der Waals surface area contributed by atoms with E-state index in [1.807, 2.05) is 42.3 Å². The van der Waals surface area contributed by atoms with Crippen molar-refractivity contribution in [3.05, 3.63) is 52.4 Å². The molecule has 1 aromatic heterocycles. The van der Waals surface area contributed by atoms with Gasteiger partial charge in [-0.05, 0) is 23.6 Å². The van der Waals surface area contributed by atoms with E-state index in [1.165, 1.54) is 5.56 Å². The average Bonchev–Trinajstić information content (AvgIpc) is 2.99. The van der Waals surface area contributed by atoms with E-state index in [1.54, 1.807) is 7.05 Å². The van der Waals surface area contributed by atoms with Crippen LogP contribution in [-0.4, -0.2) is 30.1 Å². The molecule has 7 heteroatoms. The van der Waals surface area contributed by atoms with Crippen molar-refractivity contribution < 1.29 is 4.52 Å². The van der Waals surface area contributed by atoms with Gasteiger partial charge in [-0.3, -0.25) is 4.99 Å².